The Morgan fingerprint density at radius 2 is 1.79 bits per heavy atom. The predicted octanol–water partition coefficient (Wildman–Crippen LogP) is 3.09. The van der Waals surface area contributed by atoms with Gasteiger partial charge < -0.3 is 14.5 Å². The second kappa shape index (κ2) is 8.21. The van der Waals surface area contributed by atoms with Crippen molar-refractivity contribution in [3.8, 4) is 22.9 Å². The second-order valence-electron chi connectivity index (χ2n) is 7.47. The zero-order valence-corrected chi connectivity index (χ0v) is 17.1. The summed E-state index contributed by atoms with van der Waals surface area (Å²) in [6, 6.07) is 7.38. The first-order chi connectivity index (χ1) is 14.0. The van der Waals surface area contributed by atoms with E-state index in [2.05, 4.69) is 19.9 Å². The molecule has 0 atom stereocenters. The number of pyridine rings is 1. The summed E-state index contributed by atoms with van der Waals surface area (Å²) in [4.78, 5) is 27.1. The first kappa shape index (κ1) is 19.4. The number of ether oxygens (including phenoxy) is 2. The zero-order chi connectivity index (χ0) is 20.4. The Morgan fingerprint density at radius 1 is 1.07 bits per heavy atom. The minimum Gasteiger partial charge on any atom is -0.496 e. The number of aryl methyl sites for hydroxylation is 2. The fraction of sp³-hybridized carbons (Fsp3) is 0.409. The van der Waals surface area contributed by atoms with Crippen molar-refractivity contribution in [2.75, 3.05) is 33.4 Å². The van der Waals surface area contributed by atoms with E-state index < -0.39 is 0 Å². The smallest absolute Gasteiger partial charge is 0.262 e. The largest absolute Gasteiger partial charge is 0.496 e. The molecule has 0 aliphatic carbocycles. The van der Waals surface area contributed by atoms with Gasteiger partial charge in [0.25, 0.3) is 5.56 Å². The van der Waals surface area contributed by atoms with Crippen molar-refractivity contribution < 1.29 is 9.47 Å². The molecule has 0 saturated carbocycles. The molecule has 4 rings (SSSR count). The summed E-state index contributed by atoms with van der Waals surface area (Å²) in [6.07, 6.45) is 2.51. The molecule has 0 radical (unpaired) electrons. The van der Waals surface area contributed by atoms with Crippen LogP contribution in [-0.4, -0.2) is 53.2 Å². The van der Waals surface area contributed by atoms with Crippen LogP contribution < -0.4 is 15.0 Å². The number of fused-ring (bicyclic) bond motifs is 1. The molecule has 1 aromatic carbocycles. The van der Waals surface area contributed by atoms with Crippen LogP contribution in [0.3, 0.4) is 0 Å². The average molecular weight is 394 g/mol. The Bertz CT molecular complexity index is 1070. The fourth-order valence-electron chi connectivity index (χ4n) is 3.86. The molecule has 1 saturated heterocycles. The average Bonchev–Trinajstić information content (AvgIpc) is 3.19. The number of hydrogen-bond acceptors (Lipinski definition) is 6. The SMILES string of the molecule is COc1cc(OCCN2CCCC2)cc2nc(-c3cc(C)nc(C)c3)[nH]c(=O)c12. The van der Waals surface area contributed by atoms with Gasteiger partial charge in [-0.3, -0.25) is 14.7 Å². The molecule has 29 heavy (non-hydrogen) atoms. The summed E-state index contributed by atoms with van der Waals surface area (Å²) < 4.78 is 11.4. The number of benzene rings is 1. The van der Waals surface area contributed by atoms with Gasteiger partial charge in [0.2, 0.25) is 0 Å². The van der Waals surface area contributed by atoms with Crippen LogP contribution in [0.5, 0.6) is 11.5 Å². The summed E-state index contributed by atoms with van der Waals surface area (Å²) in [7, 11) is 1.55. The van der Waals surface area contributed by atoms with Crippen LogP contribution in [0.4, 0.5) is 0 Å². The van der Waals surface area contributed by atoms with E-state index in [4.69, 9.17) is 9.47 Å². The number of rotatable bonds is 6. The summed E-state index contributed by atoms with van der Waals surface area (Å²) in [5.41, 5.74) is 2.89. The van der Waals surface area contributed by atoms with E-state index in [1.54, 1.807) is 13.2 Å². The number of hydrogen-bond donors (Lipinski definition) is 1. The highest BCUT2D eigenvalue weighted by atomic mass is 16.5. The molecule has 1 aliphatic rings. The van der Waals surface area contributed by atoms with Gasteiger partial charge in [-0.25, -0.2) is 4.98 Å². The number of likely N-dealkylation sites (tertiary alicyclic amines) is 1. The highest BCUT2D eigenvalue weighted by molar-refractivity contribution is 5.87. The summed E-state index contributed by atoms with van der Waals surface area (Å²) in [5, 5.41) is 0.422. The molecule has 0 bridgehead atoms. The van der Waals surface area contributed by atoms with E-state index in [-0.39, 0.29) is 5.56 Å². The quantitative estimate of drug-likeness (QED) is 0.692. The molecule has 152 valence electrons. The number of aromatic nitrogens is 3. The van der Waals surface area contributed by atoms with Crippen molar-refractivity contribution in [2.45, 2.75) is 26.7 Å². The molecule has 0 spiro atoms. The molecule has 3 aromatic rings. The fourth-order valence-corrected chi connectivity index (χ4v) is 3.86. The molecule has 1 aliphatic heterocycles. The molecule has 0 amide bonds. The van der Waals surface area contributed by atoms with Gasteiger partial charge in [-0.1, -0.05) is 0 Å². The molecule has 7 heteroatoms. The lowest BCUT2D eigenvalue weighted by molar-refractivity contribution is 0.237. The van der Waals surface area contributed by atoms with Crippen molar-refractivity contribution in [3.63, 3.8) is 0 Å². The predicted molar refractivity (Wildman–Crippen MR) is 113 cm³/mol. The molecular formula is C22H26N4O3. The topological polar surface area (TPSA) is 80.3 Å². The molecule has 7 nitrogen and oxygen atoms in total. The van der Waals surface area contributed by atoms with E-state index in [1.165, 1.54) is 12.8 Å². The Labute approximate surface area is 169 Å². The minimum absolute atomic E-state index is 0.238. The molecule has 0 unspecified atom stereocenters. The number of methoxy groups -OCH3 is 1. The van der Waals surface area contributed by atoms with Gasteiger partial charge in [0.15, 0.2) is 0 Å². The van der Waals surface area contributed by atoms with E-state index in [0.29, 0.717) is 34.8 Å². The van der Waals surface area contributed by atoms with Crippen LogP contribution in [0, 0.1) is 13.8 Å². The van der Waals surface area contributed by atoms with Crippen LogP contribution in [0.15, 0.2) is 29.1 Å². The first-order valence-electron chi connectivity index (χ1n) is 9.96. The molecule has 1 fully saturated rings. The highest BCUT2D eigenvalue weighted by Gasteiger charge is 2.15. The van der Waals surface area contributed by atoms with Gasteiger partial charge in [-0.2, -0.15) is 0 Å². The second-order valence-corrected chi connectivity index (χ2v) is 7.47. The van der Waals surface area contributed by atoms with Crippen molar-refractivity contribution in [1.82, 2.24) is 19.9 Å². The minimum atomic E-state index is -0.238. The van der Waals surface area contributed by atoms with Gasteiger partial charge >= 0.3 is 0 Å². The lowest BCUT2D eigenvalue weighted by Crippen LogP contribution is -2.25. The normalized spacial score (nSPS) is 14.4. The van der Waals surface area contributed by atoms with Gasteiger partial charge in [0, 0.05) is 35.6 Å². The first-order valence-corrected chi connectivity index (χ1v) is 9.96. The lowest BCUT2D eigenvalue weighted by atomic mass is 10.1. The third kappa shape index (κ3) is 4.24. The third-order valence-electron chi connectivity index (χ3n) is 5.20. The maximum Gasteiger partial charge on any atom is 0.262 e. The molecule has 3 heterocycles. The molecule has 2 aromatic heterocycles. The Balaban J connectivity index is 1.69. The number of aromatic amines is 1. The van der Waals surface area contributed by atoms with E-state index in [9.17, 15) is 4.79 Å². The molecular weight excluding hydrogens is 368 g/mol. The van der Waals surface area contributed by atoms with Gasteiger partial charge in [0.1, 0.15) is 29.3 Å². The van der Waals surface area contributed by atoms with E-state index in [1.807, 2.05) is 32.0 Å². The summed E-state index contributed by atoms with van der Waals surface area (Å²) in [6.45, 7) is 7.60. The third-order valence-corrected chi connectivity index (χ3v) is 5.20. The Hall–Kier alpha value is -2.93. The van der Waals surface area contributed by atoms with Gasteiger partial charge in [0.05, 0.1) is 12.6 Å². The summed E-state index contributed by atoms with van der Waals surface area (Å²) >= 11 is 0. The van der Waals surface area contributed by atoms with Crippen molar-refractivity contribution >= 4 is 10.9 Å². The Morgan fingerprint density at radius 3 is 2.48 bits per heavy atom. The van der Waals surface area contributed by atoms with Crippen molar-refractivity contribution in [3.05, 3.63) is 46.0 Å². The van der Waals surface area contributed by atoms with Crippen LogP contribution in [0.1, 0.15) is 24.2 Å². The number of nitrogens with one attached hydrogen (secondary N) is 1. The van der Waals surface area contributed by atoms with Crippen LogP contribution in [-0.2, 0) is 0 Å². The van der Waals surface area contributed by atoms with Crippen LogP contribution >= 0.6 is 0 Å². The Kier molecular flexibility index (Phi) is 5.49. The van der Waals surface area contributed by atoms with Gasteiger partial charge in [-0.15, -0.1) is 0 Å². The van der Waals surface area contributed by atoms with Crippen molar-refractivity contribution in [2.24, 2.45) is 0 Å². The number of H-pyrrole nitrogens is 1. The standard InChI is InChI=1S/C22H26N4O3/c1-14-10-16(11-15(2)23-14)21-24-18-12-17(29-9-8-26-6-4-5-7-26)13-19(28-3)20(18)22(27)25-21/h10-13H,4-9H2,1-3H3,(H,24,25,27). The zero-order valence-electron chi connectivity index (χ0n) is 17.1. The maximum absolute atomic E-state index is 12.8. The number of nitrogens with zero attached hydrogens (tertiary/aromatic N) is 3. The highest BCUT2D eigenvalue weighted by Crippen LogP contribution is 2.29. The van der Waals surface area contributed by atoms with E-state index >= 15 is 0 Å². The van der Waals surface area contributed by atoms with Crippen LogP contribution in [0.2, 0.25) is 0 Å². The monoisotopic (exact) mass is 394 g/mol. The maximum atomic E-state index is 12.8. The lowest BCUT2D eigenvalue weighted by Gasteiger charge is -2.16. The summed E-state index contributed by atoms with van der Waals surface area (Å²) in [5.74, 6) is 1.62. The van der Waals surface area contributed by atoms with Crippen LogP contribution in [0.25, 0.3) is 22.3 Å². The van der Waals surface area contributed by atoms with E-state index in [0.717, 1.165) is 36.6 Å². The van der Waals surface area contributed by atoms with Crippen molar-refractivity contribution in [1.29, 1.82) is 0 Å². The van der Waals surface area contributed by atoms with Gasteiger partial charge in [-0.05, 0) is 51.9 Å². The molecule has 1 N–H and O–H groups in total.